The van der Waals surface area contributed by atoms with Gasteiger partial charge >= 0.3 is 0 Å². The van der Waals surface area contributed by atoms with Gasteiger partial charge in [-0.3, -0.25) is 9.69 Å². The monoisotopic (exact) mass is 401 g/mol. The molecule has 7 heteroatoms. The SMILES string of the molecule is C=CCNS(=O)(=O)c1ccc(C(=O)Nc2cccc(CN(CC)CC)c2)cc1. The first kappa shape index (κ1) is 21.8. The van der Waals surface area contributed by atoms with Crippen LogP contribution in [0.4, 0.5) is 5.69 Å². The lowest BCUT2D eigenvalue weighted by atomic mass is 10.1. The molecule has 0 aromatic heterocycles. The number of carbonyl (C=O) groups is 1. The molecule has 2 aromatic carbocycles. The topological polar surface area (TPSA) is 78.5 Å². The standard InChI is InChI=1S/C21H27N3O3S/c1-4-14-22-28(26,27)20-12-10-18(11-13-20)21(25)23-19-9-7-8-17(15-19)16-24(5-2)6-3/h4,7-13,15,22H,1,5-6,14,16H2,2-3H3,(H,23,25). The summed E-state index contributed by atoms with van der Waals surface area (Å²) in [5, 5.41) is 2.86. The molecule has 150 valence electrons. The highest BCUT2D eigenvalue weighted by atomic mass is 32.2. The van der Waals surface area contributed by atoms with Gasteiger partial charge < -0.3 is 5.32 Å². The van der Waals surface area contributed by atoms with Crippen molar-refractivity contribution in [2.45, 2.75) is 25.3 Å². The van der Waals surface area contributed by atoms with E-state index in [-0.39, 0.29) is 17.3 Å². The van der Waals surface area contributed by atoms with E-state index in [1.54, 1.807) is 0 Å². The van der Waals surface area contributed by atoms with Crippen LogP contribution in [0.2, 0.25) is 0 Å². The first-order valence-electron chi connectivity index (χ1n) is 9.22. The fourth-order valence-electron chi connectivity index (χ4n) is 2.69. The number of sulfonamides is 1. The van der Waals surface area contributed by atoms with Crippen LogP contribution in [0.3, 0.4) is 0 Å². The third-order valence-electron chi connectivity index (χ3n) is 4.33. The van der Waals surface area contributed by atoms with Crippen molar-refractivity contribution < 1.29 is 13.2 Å². The quantitative estimate of drug-likeness (QED) is 0.599. The van der Waals surface area contributed by atoms with Gasteiger partial charge in [0, 0.05) is 24.3 Å². The summed E-state index contributed by atoms with van der Waals surface area (Å²) >= 11 is 0. The molecule has 0 bridgehead atoms. The Morgan fingerprint density at radius 2 is 1.79 bits per heavy atom. The molecule has 0 spiro atoms. The second-order valence-corrected chi connectivity index (χ2v) is 8.05. The van der Waals surface area contributed by atoms with Crippen molar-refractivity contribution >= 4 is 21.6 Å². The molecule has 2 aromatic rings. The maximum atomic E-state index is 12.5. The molecule has 0 unspecified atom stereocenters. The van der Waals surface area contributed by atoms with Gasteiger partial charge in [-0.15, -0.1) is 6.58 Å². The van der Waals surface area contributed by atoms with E-state index in [2.05, 4.69) is 35.4 Å². The predicted octanol–water partition coefficient (Wildman–Crippen LogP) is 3.25. The van der Waals surface area contributed by atoms with Crippen molar-refractivity contribution in [1.29, 1.82) is 0 Å². The maximum absolute atomic E-state index is 12.5. The van der Waals surface area contributed by atoms with Crippen LogP contribution in [0.1, 0.15) is 29.8 Å². The summed E-state index contributed by atoms with van der Waals surface area (Å²) in [6.45, 7) is 10.6. The molecule has 0 aliphatic carbocycles. The van der Waals surface area contributed by atoms with Crippen molar-refractivity contribution in [2.75, 3.05) is 25.0 Å². The van der Waals surface area contributed by atoms with Crippen LogP contribution in [-0.2, 0) is 16.6 Å². The summed E-state index contributed by atoms with van der Waals surface area (Å²) in [4.78, 5) is 14.9. The minimum Gasteiger partial charge on any atom is -0.322 e. The molecule has 0 aliphatic rings. The van der Waals surface area contributed by atoms with Crippen LogP contribution in [0.25, 0.3) is 0 Å². The summed E-state index contributed by atoms with van der Waals surface area (Å²) < 4.78 is 26.5. The summed E-state index contributed by atoms with van der Waals surface area (Å²) in [7, 11) is -3.60. The Hall–Kier alpha value is -2.48. The third kappa shape index (κ3) is 6.02. The lowest BCUT2D eigenvalue weighted by Crippen LogP contribution is -2.23. The van der Waals surface area contributed by atoms with Gasteiger partial charge in [0.1, 0.15) is 0 Å². The Bertz CT molecular complexity index is 905. The van der Waals surface area contributed by atoms with Gasteiger partial charge in [0.25, 0.3) is 5.91 Å². The lowest BCUT2D eigenvalue weighted by molar-refractivity contribution is 0.102. The van der Waals surface area contributed by atoms with Gasteiger partial charge in [0.2, 0.25) is 10.0 Å². The molecule has 2 N–H and O–H groups in total. The van der Waals surface area contributed by atoms with Gasteiger partial charge in [0.15, 0.2) is 0 Å². The van der Waals surface area contributed by atoms with Crippen molar-refractivity contribution in [3.8, 4) is 0 Å². The van der Waals surface area contributed by atoms with Gasteiger partial charge in [-0.1, -0.05) is 32.1 Å². The number of anilines is 1. The van der Waals surface area contributed by atoms with Crippen molar-refractivity contribution in [3.63, 3.8) is 0 Å². The van der Waals surface area contributed by atoms with Gasteiger partial charge in [-0.05, 0) is 55.1 Å². The third-order valence-corrected chi connectivity index (χ3v) is 5.77. The van der Waals surface area contributed by atoms with Crippen LogP contribution < -0.4 is 10.0 Å². The molecule has 1 amide bonds. The molecule has 0 saturated heterocycles. The van der Waals surface area contributed by atoms with Crippen LogP contribution >= 0.6 is 0 Å². The summed E-state index contributed by atoms with van der Waals surface area (Å²) in [6, 6.07) is 13.6. The number of nitrogens with one attached hydrogen (secondary N) is 2. The molecule has 28 heavy (non-hydrogen) atoms. The summed E-state index contributed by atoms with van der Waals surface area (Å²) in [6.07, 6.45) is 1.47. The number of rotatable bonds is 10. The zero-order valence-electron chi connectivity index (χ0n) is 16.3. The van der Waals surface area contributed by atoms with Crippen LogP contribution in [0, 0.1) is 0 Å². The van der Waals surface area contributed by atoms with Gasteiger partial charge in [0.05, 0.1) is 4.90 Å². The van der Waals surface area contributed by atoms with Gasteiger partial charge in [-0.2, -0.15) is 0 Å². The Labute approximate surface area is 167 Å². The van der Waals surface area contributed by atoms with Crippen LogP contribution in [0.5, 0.6) is 0 Å². The fraction of sp³-hybridized carbons (Fsp3) is 0.286. The molecule has 0 atom stereocenters. The largest absolute Gasteiger partial charge is 0.322 e. The Morgan fingerprint density at radius 3 is 2.39 bits per heavy atom. The minimum absolute atomic E-state index is 0.104. The molecule has 6 nitrogen and oxygen atoms in total. The number of hydrogen-bond donors (Lipinski definition) is 2. The number of amides is 1. The maximum Gasteiger partial charge on any atom is 0.255 e. The smallest absolute Gasteiger partial charge is 0.255 e. The lowest BCUT2D eigenvalue weighted by Gasteiger charge is -2.18. The van der Waals surface area contributed by atoms with Crippen LogP contribution in [-0.4, -0.2) is 38.9 Å². The Morgan fingerprint density at radius 1 is 1.11 bits per heavy atom. The second kappa shape index (κ2) is 10.2. The number of hydrogen-bond acceptors (Lipinski definition) is 4. The van der Waals surface area contributed by atoms with E-state index < -0.39 is 10.0 Å². The molecule has 0 radical (unpaired) electrons. The van der Waals surface area contributed by atoms with E-state index in [1.807, 2.05) is 24.3 Å². The predicted molar refractivity (Wildman–Crippen MR) is 113 cm³/mol. The van der Waals surface area contributed by atoms with Crippen molar-refractivity contribution in [1.82, 2.24) is 9.62 Å². The second-order valence-electron chi connectivity index (χ2n) is 6.28. The van der Waals surface area contributed by atoms with Gasteiger partial charge in [-0.25, -0.2) is 13.1 Å². The fourth-order valence-corrected chi connectivity index (χ4v) is 3.69. The zero-order chi connectivity index (χ0) is 20.6. The normalized spacial score (nSPS) is 11.4. The Kier molecular flexibility index (Phi) is 7.92. The minimum atomic E-state index is -3.60. The molecule has 0 aliphatic heterocycles. The van der Waals surface area contributed by atoms with E-state index in [9.17, 15) is 13.2 Å². The van der Waals surface area contributed by atoms with E-state index in [4.69, 9.17) is 0 Å². The average Bonchev–Trinajstić information content (AvgIpc) is 2.71. The van der Waals surface area contributed by atoms with E-state index in [1.165, 1.54) is 30.3 Å². The van der Waals surface area contributed by atoms with E-state index in [0.717, 1.165) is 25.2 Å². The number of nitrogens with zero attached hydrogens (tertiary/aromatic N) is 1. The Balaban J connectivity index is 2.08. The first-order valence-corrected chi connectivity index (χ1v) is 10.7. The van der Waals surface area contributed by atoms with Crippen LogP contribution in [0.15, 0.2) is 66.1 Å². The highest BCUT2D eigenvalue weighted by molar-refractivity contribution is 7.89. The first-order chi connectivity index (χ1) is 13.4. The van der Waals surface area contributed by atoms with Crippen molar-refractivity contribution in [3.05, 3.63) is 72.3 Å². The average molecular weight is 402 g/mol. The molecular formula is C21H27N3O3S. The summed E-state index contributed by atoms with van der Waals surface area (Å²) in [5.74, 6) is -0.289. The van der Waals surface area contributed by atoms with E-state index in [0.29, 0.717) is 11.3 Å². The highest BCUT2D eigenvalue weighted by Crippen LogP contribution is 2.15. The summed E-state index contributed by atoms with van der Waals surface area (Å²) in [5.41, 5.74) is 2.21. The highest BCUT2D eigenvalue weighted by Gasteiger charge is 2.14. The van der Waals surface area contributed by atoms with E-state index >= 15 is 0 Å². The molecular weight excluding hydrogens is 374 g/mol. The zero-order valence-corrected chi connectivity index (χ0v) is 17.1. The molecule has 2 rings (SSSR count). The number of benzene rings is 2. The van der Waals surface area contributed by atoms with Crippen molar-refractivity contribution in [2.24, 2.45) is 0 Å². The molecule has 0 fully saturated rings. The molecule has 0 heterocycles. The molecule has 0 saturated carbocycles. The number of carbonyl (C=O) groups excluding carboxylic acids is 1.